The highest BCUT2D eigenvalue weighted by atomic mass is 19.1. The van der Waals surface area contributed by atoms with Crippen LogP contribution in [0.5, 0.6) is 5.75 Å². The third-order valence-corrected chi connectivity index (χ3v) is 2.68. The van der Waals surface area contributed by atoms with Crippen LogP contribution in [0.15, 0.2) is 53.6 Å². The lowest BCUT2D eigenvalue weighted by Crippen LogP contribution is -2.24. The van der Waals surface area contributed by atoms with E-state index >= 15 is 0 Å². The van der Waals surface area contributed by atoms with Crippen molar-refractivity contribution < 1.29 is 18.8 Å². The van der Waals surface area contributed by atoms with Crippen LogP contribution >= 0.6 is 0 Å². The summed E-state index contributed by atoms with van der Waals surface area (Å²) >= 11 is 0. The van der Waals surface area contributed by atoms with Crippen LogP contribution in [0.1, 0.15) is 5.56 Å². The molecule has 118 valence electrons. The van der Waals surface area contributed by atoms with E-state index in [1.807, 2.05) is 0 Å². The van der Waals surface area contributed by atoms with Gasteiger partial charge in [-0.3, -0.25) is 14.9 Å². The number of hydrogen-bond acceptors (Lipinski definition) is 5. The lowest BCUT2D eigenvalue weighted by atomic mass is 10.2. The summed E-state index contributed by atoms with van der Waals surface area (Å²) in [7, 11) is 0. The van der Waals surface area contributed by atoms with Crippen molar-refractivity contribution in [2.75, 3.05) is 6.61 Å². The van der Waals surface area contributed by atoms with Gasteiger partial charge in [-0.1, -0.05) is 24.3 Å². The average Bonchev–Trinajstić information content (AvgIpc) is 2.54. The number of nitro groups is 1. The van der Waals surface area contributed by atoms with Gasteiger partial charge in [-0.2, -0.15) is 5.10 Å². The molecule has 1 N–H and O–H groups in total. The maximum atomic E-state index is 13.3. The number of amides is 1. The number of carbonyl (C=O) groups excluding carboxylic acids is 1. The Bertz CT molecular complexity index is 749. The highest BCUT2D eigenvalue weighted by molar-refractivity contribution is 5.83. The fourth-order valence-corrected chi connectivity index (χ4v) is 1.63. The van der Waals surface area contributed by atoms with E-state index in [0.29, 0.717) is 5.56 Å². The van der Waals surface area contributed by atoms with Gasteiger partial charge in [-0.25, -0.2) is 9.82 Å². The molecular weight excluding hydrogens is 305 g/mol. The number of benzene rings is 2. The van der Waals surface area contributed by atoms with Crippen LogP contribution in [0.25, 0.3) is 0 Å². The molecule has 23 heavy (non-hydrogen) atoms. The zero-order valence-corrected chi connectivity index (χ0v) is 11.8. The van der Waals surface area contributed by atoms with Crippen molar-refractivity contribution in [3.8, 4) is 5.75 Å². The molecule has 0 aliphatic carbocycles. The summed E-state index contributed by atoms with van der Waals surface area (Å²) in [5.74, 6) is -1.19. The van der Waals surface area contributed by atoms with Crippen LogP contribution in [0.3, 0.4) is 0 Å². The molecule has 7 nitrogen and oxygen atoms in total. The highest BCUT2D eigenvalue weighted by Crippen LogP contribution is 2.15. The SMILES string of the molecule is O=C(COc1ccccc1F)N/N=C/c1cccc([N+](=O)[O-])c1. The normalized spacial score (nSPS) is 10.5. The molecule has 0 spiro atoms. The maximum absolute atomic E-state index is 13.3. The minimum absolute atomic E-state index is 0.0367. The smallest absolute Gasteiger partial charge is 0.277 e. The lowest BCUT2D eigenvalue weighted by molar-refractivity contribution is -0.384. The molecule has 0 atom stereocenters. The first-order valence-corrected chi connectivity index (χ1v) is 6.50. The molecule has 2 rings (SSSR count). The summed E-state index contributed by atoms with van der Waals surface area (Å²) in [5, 5.41) is 14.3. The van der Waals surface area contributed by atoms with Gasteiger partial charge in [0.25, 0.3) is 11.6 Å². The van der Waals surface area contributed by atoms with Gasteiger partial charge in [0.15, 0.2) is 18.2 Å². The molecule has 0 aromatic heterocycles. The number of non-ortho nitro benzene ring substituents is 1. The summed E-state index contributed by atoms with van der Waals surface area (Å²) in [5.41, 5.74) is 2.56. The summed E-state index contributed by atoms with van der Waals surface area (Å²) in [6, 6.07) is 11.5. The fraction of sp³-hybridized carbons (Fsp3) is 0.0667. The second-order valence-electron chi connectivity index (χ2n) is 4.36. The minimum Gasteiger partial charge on any atom is -0.481 e. The number of carbonyl (C=O) groups is 1. The van der Waals surface area contributed by atoms with Gasteiger partial charge in [-0.15, -0.1) is 0 Å². The average molecular weight is 317 g/mol. The standard InChI is InChI=1S/C15H12FN3O4/c16-13-6-1-2-7-14(13)23-10-15(20)18-17-9-11-4-3-5-12(8-11)19(21)22/h1-9H,10H2,(H,18,20)/b17-9+. The second kappa shape index (κ2) is 7.64. The van der Waals surface area contributed by atoms with Gasteiger partial charge in [0, 0.05) is 17.7 Å². The third kappa shape index (κ3) is 4.88. The predicted molar refractivity (Wildman–Crippen MR) is 80.7 cm³/mol. The molecule has 2 aromatic rings. The number of nitro benzene ring substituents is 1. The van der Waals surface area contributed by atoms with Gasteiger partial charge >= 0.3 is 0 Å². The van der Waals surface area contributed by atoms with Crippen molar-refractivity contribution in [3.63, 3.8) is 0 Å². The first-order chi connectivity index (χ1) is 11.1. The quantitative estimate of drug-likeness (QED) is 0.502. The highest BCUT2D eigenvalue weighted by Gasteiger charge is 2.06. The van der Waals surface area contributed by atoms with Crippen molar-refractivity contribution in [3.05, 3.63) is 70.0 Å². The Kier molecular flexibility index (Phi) is 5.35. The van der Waals surface area contributed by atoms with Gasteiger partial charge in [0.1, 0.15) is 0 Å². The summed E-state index contributed by atoms with van der Waals surface area (Å²) in [6.07, 6.45) is 1.26. The fourth-order valence-electron chi connectivity index (χ4n) is 1.63. The van der Waals surface area contributed by atoms with Crippen LogP contribution in [0, 0.1) is 15.9 Å². The zero-order chi connectivity index (χ0) is 16.7. The third-order valence-electron chi connectivity index (χ3n) is 2.68. The molecule has 0 fully saturated rings. The lowest BCUT2D eigenvalue weighted by Gasteiger charge is -2.05. The minimum atomic E-state index is -0.588. The van der Waals surface area contributed by atoms with E-state index < -0.39 is 23.3 Å². The number of rotatable bonds is 6. The summed E-state index contributed by atoms with van der Waals surface area (Å²) in [6.45, 7) is -0.410. The van der Waals surface area contributed by atoms with E-state index in [0.717, 1.165) is 0 Å². The molecule has 0 aliphatic rings. The maximum Gasteiger partial charge on any atom is 0.277 e. The molecule has 0 unspecified atom stereocenters. The molecule has 0 bridgehead atoms. The van der Waals surface area contributed by atoms with E-state index in [-0.39, 0.29) is 11.4 Å². The predicted octanol–water partition coefficient (Wildman–Crippen LogP) is 2.26. The Morgan fingerprint density at radius 3 is 2.83 bits per heavy atom. The first-order valence-electron chi connectivity index (χ1n) is 6.50. The molecule has 8 heteroatoms. The van der Waals surface area contributed by atoms with E-state index in [4.69, 9.17) is 4.74 Å². The van der Waals surface area contributed by atoms with E-state index in [9.17, 15) is 19.3 Å². The Morgan fingerprint density at radius 2 is 2.09 bits per heavy atom. The van der Waals surface area contributed by atoms with Gasteiger partial charge in [-0.05, 0) is 12.1 Å². The number of nitrogens with zero attached hydrogens (tertiary/aromatic N) is 2. The number of hydrogen-bond donors (Lipinski definition) is 1. The van der Waals surface area contributed by atoms with Gasteiger partial charge < -0.3 is 4.74 Å². The van der Waals surface area contributed by atoms with E-state index in [1.54, 1.807) is 12.1 Å². The van der Waals surface area contributed by atoms with Gasteiger partial charge in [0.2, 0.25) is 0 Å². The van der Waals surface area contributed by atoms with E-state index in [2.05, 4.69) is 10.5 Å². The zero-order valence-electron chi connectivity index (χ0n) is 11.8. The number of para-hydroxylation sites is 1. The number of halogens is 1. The van der Waals surface area contributed by atoms with Crippen LogP contribution < -0.4 is 10.2 Å². The van der Waals surface area contributed by atoms with Crippen LogP contribution in [-0.2, 0) is 4.79 Å². The molecule has 1 amide bonds. The second-order valence-corrected chi connectivity index (χ2v) is 4.36. The van der Waals surface area contributed by atoms with Crippen molar-refractivity contribution in [1.82, 2.24) is 5.43 Å². The van der Waals surface area contributed by atoms with Crippen molar-refractivity contribution >= 4 is 17.8 Å². The van der Waals surface area contributed by atoms with Crippen molar-refractivity contribution in [1.29, 1.82) is 0 Å². The Morgan fingerprint density at radius 1 is 1.30 bits per heavy atom. The van der Waals surface area contributed by atoms with E-state index in [1.165, 1.54) is 42.6 Å². The Labute approximate surface area is 130 Å². The topological polar surface area (TPSA) is 93.8 Å². The number of nitrogens with one attached hydrogen (secondary N) is 1. The molecule has 0 aliphatic heterocycles. The van der Waals surface area contributed by atoms with Crippen LogP contribution in [0.2, 0.25) is 0 Å². The molecule has 0 radical (unpaired) electrons. The van der Waals surface area contributed by atoms with Crippen molar-refractivity contribution in [2.24, 2.45) is 5.10 Å². The Balaban J connectivity index is 1.85. The molecule has 0 saturated carbocycles. The summed E-state index contributed by atoms with van der Waals surface area (Å²) in [4.78, 5) is 21.6. The molecule has 2 aromatic carbocycles. The van der Waals surface area contributed by atoms with Gasteiger partial charge in [0.05, 0.1) is 11.1 Å². The molecule has 0 saturated heterocycles. The van der Waals surface area contributed by atoms with Crippen molar-refractivity contribution in [2.45, 2.75) is 0 Å². The Hall–Kier alpha value is -3.29. The summed E-state index contributed by atoms with van der Waals surface area (Å²) < 4.78 is 18.3. The van der Waals surface area contributed by atoms with Crippen LogP contribution in [0.4, 0.5) is 10.1 Å². The monoisotopic (exact) mass is 317 g/mol. The molecular formula is C15H12FN3O4. The first kappa shape index (κ1) is 16.1. The number of hydrazone groups is 1. The van der Waals surface area contributed by atoms with Crippen LogP contribution in [-0.4, -0.2) is 23.7 Å². The number of ether oxygens (including phenoxy) is 1. The largest absolute Gasteiger partial charge is 0.481 e. The molecule has 0 heterocycles.